The van der Waals surface area contributed by atoms with Gasteiger partial charge in [0.25, 0.3) is 0 Å². The molecular weight excluding hydrogens is 539 g/mol. The number of carbonyl (C=O) groups excluding carboxylic acids is 1. The van der Waals surface area contributed by atoms with Crippen molar-refractivity contribution in [3.63, 3.8) is 0 Å². The standard InChI is InChI=1S/C32H35N3O3S2/c36-31(16-11-24-7-3-1-4-8-24)33-32-35(29-22-40(37,38)23-30(29)39-32)28-14-12-27(13-15-28)34-19-17-26(18-20-34)21-25-9-5-2-6-10-25/h1-10,12-15,26,29-30H,11,16-23H2. The van der Waals surface area contributed by atoms with Gasteiger partial charge >= 0.3 is 0 Å². The van der Waals surface area contributed by atoms with Gasteiger partial charge in [0.05, 0.1) is 17.5 Å². The maximum absolute atomic E-state index is 12.8. The zero-order chi connectivity index (χ0) is 27.5. The number of rotatable bonds is 7. The molecule has 0 radical (unpaired) electrons. The number of sulfone groups is 1. The van der Waals surface area contributed by atoms with E-state index < -0.39 is 9.84 Å². The molecule has 3 aromatic carbocycles. The van der Waals surface area contributed by atoms with Crippen LogP contribution >= 0.6 is 11.8 Å². The molecule has 208 valence electrons. The van der Waals surface area contributed by atoms with Gasteiger partial charge in [-0.1, -0.05) is 72.4 Å². The number of thioether (sulfide) groups is 1. The van der Waals surface area contributed by atoms with Crippen molar-refractivity contribution in [2.45, 2.75) is 43.4 Å². The van der Waals surface area contributed by atoms with E-state index >= 15 is 0 Å². The number of aliphatic imine (C=N–C) groups is 1. The molecular formula is C32H35N3O3S2. The van der Waals surface area contributed by atoms with E-state index in [1.54, 1.807) is 0 Å². The van der Waals surface area contributed by atoms with E-state index in [2.05, 4.69) is 64.5 Å². The lowest BCUT2D eigenvalue weighted by Gasteiger charge is -2.34. The van der Waals surface area contributed by atoms with E-state index in [4.69, 9.17) is 0 Å². The molecule has 0 aliphatic carbocycles. The van der Waals surface area contributed by atoms with Gasteiger partial charge in [0.1, 0.15) is 0 Å². The summed E-state index contributed by atoms with van der Waals surface area (Å²) in [6, 6.07) is 28.8. The van der Waals surface area contributed by atoms with Crippen LogP contribution in [0.4, 0.5) is 11.4 Å². The highest BCUT2D eigenvalue weighted by atomic mass is 32.2. The van der Waals surface area contributed by atoms with Crippen molar-refractivity contribution in [2.24, 2.45) is 10.9 Å². The van der Waals surface area contributed by atoms with Gasteiger partial charge in [0.2, 0.25) is 5.91 Å². The second-order valence-corrected chi connectivity index (χ2v) is 14.4. The zero-order valence-corrected chi connectivity index (χ0v) is 24.2. The minimum absolute atomic E-state index is 0.0958. The second-order valence-electron chi connectivity index (χ2n) is 11.1. The SMILES string of the molecule is O=C(CCc1ccccc1)N=C1SC2CS(=O)(=O)CC2N1c1ccc(N2CCC(Cc3ccccc3)CC2)cc1. The molecule has 1 amide bonds. The van der Waals surface area contributed by atoms with Crippen molar-refractivity contribution >= 4 is 44.0 Å². The van der Waals surface area contributed by atoms with Gasteiger partial charge in [-0.3, -0.25) is 4.79 Å². The van der Waals surface area contributed by atoms with Crippen LogP contribution in [0.15, 0.2) is 89.9 Å². The molecule has 3 heterocycles. The van der Waals surface area contributed by atoms with Crippen molar-refractivity contribution in [1.82, 2.24) is 0 Å². The molecule has 0 spiro atoms. The Morgan fingerprint density at radius 2 is 1.45 bits per heavy atom. The van der Waals surface area contributed by atoms with Crippen LogP contribution in [0.5, 0.6) is 0 Å². The van der Waals surface area contributed by atoms with Crippen LogP contribution in [0.2, 0.25) is 0 Å². The summed E-state index contributed by atoms with van der Waals surface area (Å²) in [4.78, 5) is 21.8. The zero-order valence-electron chi connectivity index (χ0n) is 22.6. The number of benzene rings is 3. The van der Waals surface area contributed by atoms with Crippen LogP contribution in [-0.4, -0.2) is 55.4 Å². The molecule has 3 aliphatic rings. The third-order valence-corrected chi connectivity index (χ3v) is 11.4. The quantitative estimate of drug-likeness (QED) is 0.378. The average Bonchev–Trinajstić information content (AvgIpc) is 3.44. The van der Waals surface area contributed by atoms with E-state index in [9.17, 15) is 13.2 Å². The molecule has 2 atom stereocenters. The van der Waals surface area contributed by atoms with Crippen LogP contribution in [0.3, 0.4) is 0 Å². The Hall–Kier alpha value is -3.10. The first-order valence-electron chi connectivity index (χ1n) is 14.1. The highest BCUT2D eigenvalue weighted by molar-refractivity contribution is 8.16. The number of nitrogens with zero attached hydrogens (tertiary/aromatic N) is 3. The Morgan fingerprint density at radius 3 is 2.12 bits per heavy atom. The molecule has 0 N–H and O–H groups in total. The van der Waals surface area contributed by atoms with Gasteiger partial charge in [-0.25, -0.2) is 8.42 Å². The molecule has 0 bridgehead atoms. The van der Waals surface area contributed by atoms with Crippen LogP contribution in [0.1, 0.15) is 30.4 Å². The van der Waals surface area contributed by atoms with Crippen LogP contribution in [0.25, 0.3) is 0 Å². The molecule has 3 aliphatic heterocycles. The van der Waals surface area contributed by atoms with Gasteiger partial charge in [-0.2, -0.15) is 4.99 Å². The third-order valence-electron chi connectivity index (χ3n) is 8.23. The Bertz CT molecular complexity index is 1450. The molecule has 8 heteroatoms. The monoisotopic (exact) mass is 573 g/mol. The number of amides is 1. The lowest BCUT2D eigenvalue weighted by Crippen LogP contribution is -2.38. The molecule has 3 fully saturated rings. The number of hydrogen-bond acceptors (Lipinski definition) is 5. The number of amidine groups is 1. The second kappa shape index (κ2) is 11.8. The van der Waals surface area contributed by atoms with Gasteiger partial charge in [-0.05, 0) is 67.0 Å². The molecule has 3 saturated heterocycles. The summed E-state index contributed by atoms with van der Waals surface area (Å²) in [6.45, 7) is 2.06. The topological polar surface area (TPSA) is 70.0 Å². The number of anilines is 2. The molecule has 2 unspecified atom stereocenters. The minimum atomic E-state index is -3.11. The molecule has 6 nitrogen and oxygen atoms in total. The number of hydrogen-bond donors (Lipinski definition) is 0. The number of piperidine rings is 1. The number of aryl methyl sites for hydroxylation is 1. The first kappa shape index (κ1) is 27.1. The van der Waals surface area contributed by atoms with Crippen molar-refractivity contribution in [1.29, 1.82) is 0 Å². The van der Waals surface area contributed by atoms with Gasteiger partial charge in [0, 0.05) is 36.1 Å². The Morgan fingerprint density at radius 1 is 0.825 bits per heavy atom. The predicted octanol–water partition coefficient (Wildman–Crippen LogP) is 5.38. The van der Waals surface area contributed by atoms with Crippen molar-refractivity contribution in [3.8, 4) is 0 Å². The van der Waals surface area contributed by atoms with Crippen molar-refractivity contribution in [3.05, 3.63) is 96.1 Å². The Balaban J connectivity index is 1.14. The fraction of sp³-hybridized carbons (Fsp3) is 0.375. The summed E-state index contributed by atoms with van der Waals surface area (Å²) >= 11 is 1.44. The summed E-state index contributed by atoms with van der Waals surface area (Å²) < 4.78 is 24.9. The van der Waals surface area contributed by atoms with E-state index in [0.29, 0.717) is 23.9 Å². The van der Waals surface area contributed by atoms with Crippen LogP contribution in [0, 0.1) is 5.92 Å². The summed E-state index contributed by atoms with van der Waals surface area (Å²) in [5.41, 5.74) is 4.60. The first-order valence-corrected chi connectivity index (χ1v) is 16.8. The smallest absolute Gasteiger partial charge is 0.248 e. The van der Waals surface area contributed by atoms with E-state index in [-0.39, 0.29) is 28.7 Å². The normalized spacial score (nSPS) is 23.4. The highest BCUT2D eigenvalue weighted by Gasteiger charge is 2.49. The van der Waals surface area contributed by atoms with Crippen molar-refractivity contribution in [2.75, 3.05) is 34.4 Å². The van der Waals surface area contributed by atoms with Crippen LogP contribution < -0.4 is 9.80 Å². The lowest BCUT2D eigenvalue weighted by atomic mass is 9.90. The summed E-state index contributed by atoms with van der Waals surface area (Å²) in [7, 11) is -3.11. The summed E-state index contributed by atoms with van der Waals surface area (Å²) in [6.07, 6.45) is 4.44. The molecule has 0 saturated carbocycles. The number of fused-ring (bicyclic) bond motifs is 1. The summed E-state index contributed by atoms with van der Waals surface area (Å²) in [5, 5.41) is 0.520. The third kappa shape index (κ3) is 6.28. The molecule has 3 aromatic rings. The highest BCUT2D eigenvalue weighted by Crippen LogP contribution is 2.41. The minimum Gasteiger partial charge on any atom is -0.372 e. The van der Waals surface area contributed by atoms with Crippen molar-refractivity contribution < 1.29 is 13.2 Å². The Labute approximate surface area is 241 Å². The fourth-order valence-corrected chi connectivity index (χ4v) is 10.0. The van der Waals surface area contributed by atoms with Gasteiger partial charge < -0.3 is 9.80 Å². The number of carbonyl (C=O) groups is 1. The van der Waals surface area contributed by atoms with Gasteiger partial charge in [0.15, 0.2) is 15.0 Å². The van der Waals surface area contributed by atoms with E-state index in [1.807, 2.05) is 35.2 Å². The van der Waals surface area contributed by atoms with E-state index in [1.165, 1.54) is 35.9 Å². The maximum Gasteiger partial charge on any atom is 0.248 e. The molecule has 6 rings (SSSR count). The summed E-state index contributed by atoms with van der Waals surface area (Å²) in [5.74, 6) is 0.762. The Kier molecular flexibility index (Phi) is 7.98. The first-order chi connectivity index (χ1) is 19.4. The molecule has 40 heavy (non-hydrogen) atoms. The average molecular weight is 574 g/mol. The fourth-order valence-electron chi connectivity index (χ4n) is 6.09. The largest absolute Gasteiger partial charge is 0.372 e. The van der Waals surface area contributed by atoms with E-state index in [0.717, 1.165) is 30.8 Å². The van der Waals surface area contributed by atoms with Crippen LogP contribution in [-0.2, 0) is 27.5 Å². The molecule has 0 aromatic heterocycles. The predicted molar refractivity (Wildman–Crippen MR) is 165 cm³/mol. The van der Waals surface area contributed by atoms with Gasteiger partial charge in [-0.15, -0.1) is 0 Å². The lowest BCUT2D eigenvalue weighted by molar-refractivity contribution is -0.117. The maximum atomic E-state index is 12.8.